The normalized spacial score (nSPS) is 19.4. The standard InChI is InChI=1S/C10H20N2O4S/c11-7-9(8-3-1-2-4-8)12-17(15,16)6-5-10(13)14/h8-9,12H,1-7,11H2,(H,13,14). The number of carboxylic acids is 1. The molecule has 0 aliphatic heterocycles. The Kier molecular flexibility index (Phi) is 5.35. The van der Waals surface area contributed by atoms with E-state index in [2.05, 4.69) is 4.72 Å². The van der Waals surface area contributed by atoms with E-state index in [1.165, 1.54) is 0 Å². The average Bonchev–Trinajstić information content (AvgIpc) is 2.77. The van der Waals surface area contributed by atoms with Crippen molar-refractivity contribution in [2.45, 2.75) is 38.1 Å². The van der Waals surface area contributed by atoms with Crippen LogP contribution in [0.1, 0.15) is 32.1 Å². The first-order valence-corrected chi connectivity index (χ1v) is 7.51. The summed E-state index contributed by atoms with van der Waals surface area (Å²) in [4.78, 5) is 10.3. The smallest absolute Gasteiger partial charge is 0.304 e. The van der Waals surface area contributed by atoms with E-state index in [1.807, 2.05) is 0 Å². The van der Waals surface area contributed by atoms with Crippen LogP contribution in [0.4, 0.5) is 0 Å². The van der Waals surface area contributed by atoms with Gasteiger partial charge < -0.3 is 10.8 Å². The molecule has 0 spiro atoms. The van der Waals surface area contributed by atoms with Crippen LogP contribution in [0.25, 0.3) is 0 Å². The molecule has 0 amide bonds. The number of nitrogens with two attached hydrogens (primary N) is 1. The van der Waals surface area contributed by atoms with Crippen molar-refractivity contribution in [1.82, 2.24) is 4.72 Å². The Morgan fingerprint density at radius 1 is 1.41 bits per heavy atom. The summed E-state index contributed by atoms with van der Waals surface area (Å²) in [6, 6.07) is -0.253. The molecule has 0 aromatic carbocycles. The number of nitrogens with one attached hydrogen (secondary N) is 1. The molecule has 1 atom stereocenters. The molecule has 0 aromatic rings. The van der Waals surface area contributed by atoms with Crippen molar-refractivity contribution < 1.29 is 18.3 Å². The van der Waals surface area contributed by atoms with Crippen molar-refractivity contribution in [3.63, 3.8) is 0 Å². The van der Waals surface area contributed by atoms with E-state index in [9.17, 15) is 13.2 Å². The zero-order valence-corrected chi connectivity index (χ0v) is 10.6. The molecule has 1 unspecified atom stereocenters. The summed E-state index contributed by atoms with van der Waals surface area (Å²) in [5, 5.41) is 8.46. The molecule has 1 fully saturated rings. The fraction of sp³-hybridized carbons (Fsp3) is 0.900. The van der Waals surface area contributed by atoms with Crippen molar-refractivity contribution in [3.8, 4) is 0 Å². The van der Waals surface area contributed by atoms with Gasteiger partial charge in [0.2, 0.25) is 10.0 Å². The topological polar surface area (TPSA) is 109 Å². The van der Waals surface area contributed by atoms with Gasteiger partial charge in [-0.1, -0.05) is 12.8 Å². The van der Waals surface area contributed by atoms with Crippen molar-refractivity contribution in [2.24, 2.45) is 11.7 Å². The molecule has 7 heteroatoms. The third-order valence-corrected chi connectivity index (χ3v) is 4.54. The van der Waals surface area contributed by atoms with Crippen molar-refractivity contribution in [1.29, 1.82) is 0 Å². The molecular formula is C10H20N2O4S. The van der Waals surface area contributed by atoms with Gasteiger partial charge in [-0.25, -0.2) is 13.1 Å². The van der Waals surface area contributed by atoms with E-state index >= 15 is 0 Å². The van der Waals surface area contributed by atoms with Gasteiger partial charge in [-0.2, -0.15) is 0 Å². The average molecular weight is 264 g/mol. The molecule has 0 aromatic heterocycles. The van der Waals surface area contributed by atoms with E-state index in [-0.39, 0.29) is 24.8 Å². The van der Waals surface area contributed by atoms with Gasteiger partial charge in [0.25, 0.3) is 0 Å². The molecule has 6 nitrogen and oxygen atoms in total. The SMILES string of the molecule is NCC(NS(=O)(=O)CCC(=O)O)C1CCCC1. The maximum absolute atomic E-state index is 11.6. The molecule has 1 aliphatic carbocycles. The van der Waals surface area contributed by atoms with Crippen molar-refractivity contribution >= 4 is 16.0 Å². The Morgan fingerprint density at radius 3 is 2.47 bits per heavy atom. The number of hydrogen-bond donors (Lipinski definition) is 3. The first-order valence-electron chi connectivity index (χ1n) is 5.86. The van der Waals surface area contributed by atoms with Gasteiger partial charge in [0.05, 0.1) is 12.2 Å². The lowest BCUT2D eigenvalue weighted by Crippen LogP contribution is -2.45. The van der Waals surface area contributed by atoms with Gasteiger partial charge in [0.1, 0.15) is 0 Å². The molecule has 0 heterocycles. The molecule has 1 rings (SSSR count). The molecule has 0 radical (unpaired) electrons. The first kappa shape index (κ1) is 14.4. The molecule has 17 heavy (non-hydrogen) atoms. The third-order valence-electron chi connectivity index (χ3n) is 3.14. The second-order valence-corrected chi connectivity index (χ2v) is 6.34. The second-order valence-electron chi connectivity index (χ2n) is 4.47. The van der Waals surface area contributed by atoms with Crippen LogP contribution in [0.3, 0.4) is 0 Å². The molecule has 4 N–H and O–H groups in total. The van der Waals surface area contributed by atoms with Crippen LogP contribution in [0.5, 0.6) is 0 Å². The molecule has 1 aliphatic rings. The Hall–Kier alpha value is -0.660. The minimum absolute atomic E-state index is 0.253. The number of carbonyl (C=O) groups is 1. The first-order chi connectivity index (χ1) is 7.94. The van der Waals surface area contributed by atoms with Gasteiger partial charge in [0, 0.05) is 12.6 Å². The Morgan fingerprint density at radius 2 is 2.00 bits per heavy atom. The Balaban J connectivity index is 2.51. The molecule has 1 saturated carbocycles. The minimum Gasteiger partial charge on any atom is -0.481 e. The van der Waals surface area contributed by atoms with E-state index in [1.54, 1.807) is 0 Å². The zero-order valence-electron chi connectivity index (χ0n) is 9.76. The number of sulfonamides is 1. The molecule has 0 bridgehead atoms. The Bertz CT molecular complexity index is 349. The van der Waals surface area contributed by atoms with Crippen LogP contribution in [-0.2, 0) is 14.8 Å². The number of carboxylic acid groups (broad SMARTS) is 1. The monoisotopic (exact) mass is 264 g/mol. The van der Waals surface area contributed by atoms with E-state index in [0.717, 1.165) is 25.7 Å². The maximum Gasteiger partial charge on any atom is 0.304 e. The van der Waals surface area contributed by atoms with Crippen LogP contribution in [-0.4, -0.2) is 37.8 Å². The molecule has 100 valence electrons. The zero-order chi connectivity index (χ0) is 12.9. The lowest BCUT2D eigenvalue weighted by molar-refractivity contribution is -0.136. The van der Waals surface area contributed by atoms with Crippen molar-refractivity contribution in [3.05, 3.63) is 0 Å². The minimum atomic E-state index is -3.54. The summed E-state index contributed by atoms with van der Waals surface area (Å²) in [7, 11) is -3.54. The predicted molar refractivity (Wildman–Crippen MR) is 64.0 cm³/mol. The highest BCUT2D eigenvalue weighted by Gasteiger charge is 2.27. The van der Waals surface area contributed by atoms with Gasteiger partial charge in [-0.3, -0.25) is 4.79 Å². The maximum atomic E-state index is 11.6. The summed E-state index contributed by atoms with van der Waals surface area (Å²) < 4.78 is 25.8. The highest BCUT2D eigenvalue weighted by atomic mass is 32.2. The summed E-state index contributed by atoms with van der Waals surface area (Å²) in [5.41, 5.74) is 5.57. The van der Waals surface area contributed by atoms with Crippen LogP contribution in [0.15, 0.2) is 0 Å². The number of aliphatic carboxylic acids is 1. The van der Waals surface area contributed by atoms with E-state index in [4.69, 9.17) is 10.8 Å². The predicted octanol–water partition coefficient (Wildman–Crippen LogP) is -0.102. The lowest BCUT2D eigenvalue weighted by Gasteiger charge is -2.22. The van der Waals surface area contributed by atoms with Crippen LogP contribution >= 0.6 is 0 Å². The quantitative estimate of drug-likeness (QED) is 0.594. The fourth-order valence-electron chi connectivity index (χ4n) is 2.21. The highest BCUT2D eigenvalue weighted by molar-refractivity contribution is 7.89. The summed E-state index contributed by atoms with van der Waals surface area (Å²) >= 11 is 0. The number of rotatable bonds is 7. The van der Waals surface area contributed by atoms with Gasteiger partial charge in [-0.05, 0) is 18.8 Å². The fourth-order valence-corrected chi connectivity index (χ4v) is 3.52. The van der Waals surface area contributed by atoms with Crippen LogP contribution < -0.4 is 10.5 Å². The van der Waals surface area contributed by atoms with Gasteiger partial charge >= 0.3 is 5.97 Å². The summed E-state index contributed by atoms with van der Waals surface area (Å²) in [5.74, 6) is -1.20. The van der Waals surface area contributed by atoms with E-state index in [0.29, 0.717) is 5.92 Å². The summed E-state index contributed by atoms with van der Waals surface area (Å²) in [6.07, 6.45) is 3.82. The van der Waals surface area contributed by atoms with Crippen LogP contribution in [0, 0.1) is 5.92 Å². The third kappa shape index (κ3) is 5.01. The van der Waals surface area contributed by atoms with Crippen molar-refractivity contribution in [2.75, 3.05) is 12.3 Å². The van der Waals surface area contributed by atoms with Crippen LogP contribution in [0.2, 0.25) is 0 Å². The number of hydrogen-bond acceptors (Lipinski definition) is 4. The molecular weight excluding hydrogens is 244 g/mol. The van der Waals surface area contributed by atoms with Gasteiger partial charge in [-0.15, -0.1) is 0 Å². The summed E-state index contributed by atoms with van der Waals surface area (Å²) in [6.45, 7) is 0.261. The largest absolute Gasteiger partial charge is 0.481 e. The highest BCUT2D eigenvalue weighted by Crippen LogP contribution is 2.27. The van der Waals surface area contributed by atoms with E-state index < -0.39 is 16.0 Å². The van der Waals surface area contributed by atoms with Gasteiger partial charge in [0.15, 0.2) is 0 Å². The lowest BCUT2D eigenvalue weighted by atomic mass is 9.99. The molecule has 0 saturated heterocycles. The second kappa shape index (κ2) is 6.32. The Labute approximate surface area is 102 Å².